The lowest BCUT2D eigenvalue weighted by Gasteiger charge is -2.12. The first-order chi connectivity index (χ1) is 9.10. The molecule has 0 N–H and O–H groups in total. The largest absolute Gasteiger partial charge is 0.493 e. The van der Waals surface area contributed by atoms with E-state index in [2.05, 4.69) is 15.0 Å². The van der Waals surface area contributed by atoms with Crippen LogP contribution in [0.3, 0.4) is 0 Å². The number of halogens is 1. The van der Waals surface area contributed by atoms with Gasteiger partial charge < -0.3 is 14.4 Å². The quantitative estimate of drug-likeness (QED) is 0.857. The second-order valence-electron chi connectivity index (χ2n) is 3.83. The minimum absolute atomic E-state index is 0.0728. The number of aromatic nitrogens is 3. The van der Waals surface area contributed by atoms with E-state index in [-0.39, 0.29) is 11.3 Å². The maximum atomic E-state index is 5.83. The van der Waals surface area contributed by atoms with Crippen molar-refractivity contribution in [3.63, 3.8) is 0 Å². The number of anilines is 1. The van der Waals surface area contributed by atoms with E-state index >= 15 is 0 Å². The summed E-state index contributed by atoms with van der Waals surface area (Å²) in [5.74, 6) is 1.52. The molecule has 1 aromatic heterocycles. The van der Waals surface area contributed by atoms with Crippen LogP contribution in [0, 0.1) is 0 Å². The molecule has 0 bridgehead atoms. The third-order valence-electron chi connectivity index (χ3n) is 2.25. The minimum Gasteiger partial charge on any atom is -0.493 e. The molecule has 0 saturated carbocycles. The zero-order valence-corrected chi connectivity index (χ0v) is 11.5. The molecule has 1 heterocycles. The van der Waals surface area contributed by atoms with Gasteiger partial charge >= 0.3 is 6.01 Å². The van der Waals surface area contributed by atoms with E-state index in [1.54, 1.807) is 38.2 Å². The van der Waals surface area contributed by atoms with Gasteiger partial charge in [-0.1, -0.05) is 12.1 Å². The number of rotatable bonds is 4. The second-order valence-corrected chi connectivity index (χ2v) is 4.17. The predicted molar refractivity (Wildman–Crippen MR) is 72.2 cm³/mol. The zero-order chi connectivity index (χ0) is 13.8. The first-order valence-corrected chi connectivity index (χ1v) is 5.87. The molecule has 7 heteroatoms. The number of nitrogens with zero attached hydrogens (tertiary/aromatic N) is 4. The lowest BCUT2D eigenvalue weighted by atomic mass is 10.3. The molecule has 0 aliphatic rings. The third-order valence-corrected chi connectivity index (χ3v) is 2.42. The molecule has 2 rings (SSSR count). The Labute approximate surface area is 116 Å². The number of methoxy groups -OCH3 is 1. The van der Waals surface area contributed by atoms with E-state index in [4.69, 9.17) is 21.1 Å². The average molecular weight is 281 g/mol. The van der Waals surface area contributed by atoms with Crippen LogP contribution in [0.2, 0.25) is 5.28 Å². The Hall–Kier alpha value is -2.08. The van der Waals surface area contributed by atoms with Crippen LogP contribution >= 0.6 is 11.6 Å². The number of hydrogen-bond acceptors (Lipinski definition) is 6. The zero-order valence-electron chi connectivity index (χ0n) is 10.8. The molecule has 0 aliphatic carbocycles. The highest BCUT2D eigenvalue weighted by Crippen LogP contribution is 2.29. The van der Waals surface area contributed by atoms with Crippen molar-refractivity contribution in [2.24, 2.45) is 0 Å². The molecule has 0 radical (unpaired) electrons. The summed E-state index contributed by atoms with van der Waals surface area (Å²) < 4.78 is 10.8. The van der Waals surface area contributed by atoms with E-state index in [9.17, 15) is 0 Å². The third kappa shape index (κ3) is 3.23. The Balaban J connectivity index is 2.32. The van der Waals surface area contributed by atoms with Crippen molar-refractivity contribution in [3.8, 4) is 17.5 Å². The van der Waals surface area contributed by atoms with Gasteiger partial charge in [0.2, 0.25) is 11.2 Å². The van der Waals surface area contributed by atoms with Gasteiger partial charge in [0.1, 0.15) is 0 Å². The van der Waals surface area contributed by atoms with E-state index < -0.39 is 0 Å². The van der Waals surface area contributed by atoms with Crippen molar-refractivity contribution in [2.75, 3.05) is 26.1 Å². The summed E-state index contributed by atoms with van der Waals surface area (Å²) >= 11 is 5.83. The van der Waals surface area contributed by atoms with Crippen molar-refractivity contribution < 1.29 is 9.47 Å². The van der Waals surface area contributed by atoms with Gasteiger partial charge in [-0.2, -0.15) is 15.0 Å². The van der Waals surface area contributed by atoms with Crippen molar-refractivity contribution in [3.05, 3.63) is 29.5 Å². The molecule has 0 fully saturated rings. The molecule has 0 unspecified atom stereocenters. The van der Waals surface area contributed by atoms with Crippen molar-refractivity contribution in [1.29, 1.82) is 0 Å². The summed E-state index contributed by atoms with van der Waals surface area (Å²) in [4.78, 5) is 13.8. The summed E-state index contributed by atoms with van der Waals surface area (Å²) in [7, 11) is 5.17. The maximum absolute atomic E-state index is 5.83. The average Bonchev–Trinajstić information content (AvgIpc) is 2.38. The Kier molecular flexibility index (Phi) is 4.01. The smallest absolute Gasteiger partial charge is 0.328 e. The maximum Gasteiger partial charge on any atom is 0.328 e. The van der Waals surface area contributed by atoms with E-state index in [1.807, 2.05) is 12.1 Å². The molecule has 0 spiro atoms. The summed E-state index contributed by atoms with van der Waals surface area (Å²) in [5, 5.41) is 0.0728. The Bertz CT molecular complexity index is 577. The molecule has 100 valence electrons. The van der Waals surface area contributed by atoms with Crippen molar-refractivity contribution >= 4 is 17.5 Å². The topological polar surface area (TPSA) is 60.4 Å². The SMILES string of the molecule is COc1ccccc1Oc1nc(Cl)nc(N(C)C)n1. The molecule has 0 saturated heterocycles. The fraction of sp³-hybridized carbons (Fsp3) is 0.250. The Morgan fingerprint density at radius 1 is 1.05 bits per heavy atom. The van der Waals surface area contributed by atoms with Crippen LogP contribution in [0.1, 0.15) is 0 Å². The molecular weight excluding hydrogens is 268 g/mol. The minimum atomic E-state index is 0.0728. The highest BCUT2D eigenvalue weighted by atomic mass is 35.5. The van der Waals surface area contributed by atoms with Gasteiger partial charge in [0.05, 0.1) is 7.11 Å². The van der Waals surface area contributed by atoms with Gasteiger partial charge in [0, 0.05) is 14.1 Å². The molecule has 2 aromatic rings. The predicted octanol–water partition coefficient (Wildman–Crippen LogP) is 2.39. The van der Waals surface area contributed by atoms with Crippen LogP contribution in [0.25, 0.3) is 0 Å². The fourth-order valence-electron chi connectivity index (χ4n) is 1.37. The normalized spacial score (nSPS) is 10.1. The van der Waals surface area contributed by atoms with Gasteiger partial charge in [0.25, 0.3) is 0 Å². The van der Waals surface area contributed by atoms with Gasteiger partial charge in [-0.25, -0.2) is 0 Å². The van der Waals surface area contributed by atoms with Crippen LogP contribution in [0.5, 0.6) is 17.5 Å². The molecular formula is C12H13ClN4O2. The number of ether oxygens (including phenoxy) is 2. The van der Waals surface area contributed by atoms with Crippen LogP contribution < -0.4 is 14.4 Å². The van der Waals surface area contributed by atoms with E-state index in [0.29, 0.717) is 17.4 Å². The lowest BCUT2D eigenvalue weighted by Crippen LogP contribution is -2.13. The first-order valence-electron chi connectivity index (χ1n) is 5.50. The standard InChI is InChI=1S/C12H13ClN4O2/c1-17(2)11-14-10(13)15-12(16-11)19-9-7-5-4-6-8(9)18-3/h4-7H,1-3H3. The van der Waals surface area contributed by atoms with Crippen LogP contribution in [0.15, 0.2) is 24.3 Å². The molecule has 1 aromatic carbocycles. The summed E-state index contributed by atoms with van der Waals surface area (Å²) in [6, 6.07) is 7.33. The Morgan fingerprint density at radius 3 is 2.37 bits per heavy atom. The van der Waals surface area contributed by atoms with Gasteiger partial charge in [-0.3, -0.25) is 0 Å². The summed E-state index contributed by atoms with van der Waals surface area (Å²) in [6.07, 6.45) is 0. The van der Waals surface area contributed by atoms with Crippen molar-refractivity contribution in [1.82, 2.24) is 15.0 Å². The number of para-hydroxylation sites is 2. The molecule has 19 heavy (non-hydrogen) atoms. The molecule has 6 nitrogen and oxygen atoms in total. The number of hydrogen-bond donors (Lipinski definition) is 0. The summed E-state index contributed by atoms with van der Waals surface area (Å²) in [5.41, 5.74) is 0. The molecule has 0 amide bonds. The van der Waals surface area contributed by atoms with Crippen LogP contribution in [-0.2, 0) is 0 Å². The van der Waals surface area contributed by atoms with E-state index in [0.717, 1.165) is 0 Å². The van der Waals surface area contributed by atoms with Gasteiger partial charge in [-0.15, -0.1) is 0 Å². The van der Waals surface area contributed by atoms with Gasteiger partial charge in [0.15, 0.2) is 11.5 Å². The fourth-order valence-corrected chi connectivity index (χ4v) is 1.52. The lowest BCUT2D eigenvalue weighted by molar-refractivity contribution is 0.367. The highest BCUT2D eigenvalue weighted by Gasteiger charge is 2.11. The molecule has 0 atom stereocenters. The van der Waals surface area contributed by atoms with Crippen LogP contribution in [0.4, 0.5) is 5.95 Å². The Morgan fingerprint density at radius 2 is 1.74 bits per heavy atom. The first kappa shape index (κ1) is 13.4. The second kappa shape index (κ2) is 5.71. The monoisotopic (exact) mass is 280 g/mol. The van der Waals surface area contributed by atoms with Crippen molar-refractivity contribution in [2.45, 2.75) is 0 Å². The number of benzene rings is 1. The van der Waals surface area contributed by atoms with Crippen LogP contribution in [-0.4, -0.2) is 36.2 Å². The molecule has 0 aliphatic heterocycles. The summed E-state index contributed by atoms with van der Waals surface area (Å²) in [6.45, 7) is 0. The highest BCUT2D eigenvalue weighted by molar-refractivity contribution is 6.28. The van der Waals surface area contributed by atoms with E-state index in [1.165, 1.54) is 0 Å². The van der Waals surface area contributed by atoms with Gasteiger partial charge in [-0.05, 0) is 23.7 Å².